The molecule has 58 valence electrons. The average molecular weight is 148 g/mol. The summed E-state index contributed by atoms with van der Waals surface area (Å²) < 4.78 is 0. The smallest absolute Gasteiger partial charge is 0.0212 e. The lowest BCUT2D eigenvalue weighted by Gasteiger charge is -2.00. The molecule has 2 rings (SSSR count). The monoisotopic (exact) mass is 148 g/mol. The molecule has 0 radical (unpaired) electrons. The standard InChI is InChI=1S/C9H12N2/c10-4-7-1-2-8-5-11-6-9(8)3-7/h1-3,11H,4-6,10H2. The van der Waals surface area contributed by atoms with E-state index in [1.807, 2.05) is 0 Å². The fourth-order valence-corrected chi connectivity index (χ4v) is 1.48. The van der Waals surface area contributed by atoms with Crippen LogP contribution in [0, 0.1) is 0 Å². The van der Waals surface area contributed by atoms with Crippen molar-refractivity contribution in [3.05, 3.63) is 34.9 Å². The van der Waals surface area contributed by atoms with E-state index in [0.29, 0.717) is 6.54 Å². The lowest BCUT2D eigenvalue weighted by molar-refractivity contribution is 0.764. The van der Waals surface area contributed by atoms with Crippen LogP contribution in [-0.4, -0.2) is 0 Å². The SMILES string of the molecule is NCc1ccc2c(c1)CNC2. The van der Waals surface area contributed by atoms with Gasteiger partial charge in [0.25, 0.3) is 0 Å². The third-order valence-electron chi connectivity index (χ3n) is 2.14. The Hall–Kier alpha value is -0.860. The highest BCUT2D eigenvalue weighted by atomic mass is 14.9. The van der Waals surface area contributed by atoms with Gasteiger partial charge in [-0.1, -0.05) is 18.2 Å². The highest BCUT2D eigenvalue weighted by Crippen LogP contribution is 2.16. The largest absolute Gasteiger partial charge is 0.326 e. The van der Waals surface area contributed by atoms with Crippen molar-refractivity contribution in [3.8, 4) is 0 Å². The molecule has 1 heterocycles. The maximum atomic E-state index is 5.52. The van der Waals surface area contributed by atoms with Crippen LogP contribution < -0.4 is 11.1 Å². The number of hydrogen-bond acceptors (Lipinski definition) is 2. The van der Waals surface area contributed by atoms with Gasteiger partial charge in [0.05, 0.1) is 0 Å². The Bertz CT molecular complexity index is 268. The lowest BCUT2D eigenvalue weighted by Crippen LogP contribution is -2.00. The minimum absolute atomic E-state index is 0.646. The molecule has 2 nitrogen and oxygen atoms in total. The zero-order chi connectivity index (χ0) is 7.68. The first-order chi connectivity index (χ1) is 5.40. The van der Waals surface area contributed by atoms with Crippen LogP contribution in [0.2, 0.25) is 0 Å². The second-order valence-corrected chi connectivity index (χ2v) is 2.91. The molecule has 0 spiro atoms. The molecule has 11 heavy (non-hydrogen) atoms. The van der Waals surface area contributed by atoms with E-state index in [4.69, 9.17) is 5.73 Å². The van der Waals surface area contributed by atoms with E-state index in [1.54, 1.807) is 0 Å². The molecule has 1 aliphatic heterocycles. The Morgan fingerprint density at radius 2 is 2.09 bits per heavy atom. The molecule has 1 aromatic rings. The predicted molar refractivity (Wildman–Crippen MR) is 44.9 cm³/mol. The maximum Gasteiger partial charge on any atom is 0.0212 e. The Kier molecular flexibility index (Phi) is 1.64. The van der Waals surface area contributed by atoms with E-state index in [0.717, 1.165) is 13.1 Å². The van der Waals surface area contributed by atoms with Gasteiger partial charge in [0.2, 0.25) is 0 Å². The third-order valence-corrected chi connectivity index (χ3v) is 2.14. The van der Waals surface area contributed by atoms with Crippen molar-refractivity contribution in [1.82, 2.24) is 5.32 Å². The Morgan fingerprint density at radius 1 is 1.27 bits per heavy atom. The minimum Gasteiger partial charge on any atom is -0.326 e. The normalized spacial score (nSPS) is 15.0. The summed E-state index contributed by atoms with van der Waals surface area (Å²) in [5, 5.41) is 3.30. The molecule has 0 saturated heterocycles. The Labute approximate surface area is 66.4 Å². The summed E-state index contributed by atoms with van der Waals surface area (Å²) in [5.74, 6) is 0. The summed E-state index contributed by atoms with van der Waals surface area (Å²) in [5.41, 5.74) is 9.58. The van der Waals surface area contributed by atoms with Crippen LogP contribution in [0.4, 0.5) is 0 Å². The molecule has 0 aromatic heterocycles. The van der Waals surface area contributed by atoms with Crippen LogP contribution >= 0.6 is 0 Å². The predicted octanol–water partition coefficient (Wildman–Crippen LogP) is 0.748. The van der Waals surface area contributed by atoms with E-state index in [1.165, 1.54) is 16.7 Å². The number of nitrogens with two attached hydrogens (primary N) is 1. The van der Waals surface area contributed by atoms with Gasteiger partial charge in [0.15, 0.2) is 0 Å². The molecule has 1 aliphatic rings. The van der Waals surface area contributed by atoms with Crippen molar-refractivity contribution in [1.29, 1.82) is 0 Å². The maximum absolute atomic E-state index is 5.52. The summed E-state index contributed by atoms with van der Waals surface area (Å²) in [6, 6.07) is 6.46. The number of hydrogen-bond donors (Lipinski definition) is 2. The van der Waals surface area contributed by atoms with Crippen LogP contribution in [-0.2, 0) is 19.6 Å². The minimum atomic E-state index is 0.646. The summed E-state index contributed by atoms with van der Waals surface area (Å²) in [6.07, 6.45) is 0. The summed E-state index contributed by atoms with van der Waals surface area (Å²) >= 11 is 0. The first kappa shape index (κ1) is 6.83. The zero-order valence-electron chi connectivity index (χ0n) is 6.43. The Morgan fingerprint density at radius 3 is 2.91 bits per heavy atom. The fourth-order valence-electron chi connectivity index (χ4n) is 1.48. The van der Waals surface area contributed by atoms with Gasteiger partial charge in [-0.05, 0) is 16.7 Å². The Balaban J connectivity index is 2.41. The van der Waals surface area contributed by atoms with E-state index < -0.39 is 0 Å². The van der Waals surface area contributed by atoms with Crippen molar-refractivity contribution in [2.45, 2.75) is 19.6 Å². The number of fused-ring (bicyclic) bond motifs is 1. The van der Waals surface area contributed by atoms with Gasteiger partial charge in [-0.25, -0.2) is 0 Å². The molecule has 0 saturated carbocycles. The summed E-state index contributed by atoms with van der Waals surface area (Å²) in [7, 11) is 0. The quantitative estimate of drug-likeness (QED) is 0.616. The summed E-state index contributed by atoms with van der Waals surface area (Å²) in [4.78, 5) is 0. The fraction of sp³-hybridized carbons (Fsp3) is 0.333. The molecule has 0 aliphatic carbocycles. The molecule has 3 N–H and O–H groups in total. The van der Waals surface area contributed by atoms with E-state index >= 15 is 0 Å². The molecular formula is C9H12N2. The van der Waals surface area contributed by atoms with Crippen LogP contribution in [0.15, 0.2) is 18.2 Å². The van der Waals surface area contributed by atoms with Crippen molar-refractivity contribution < 1.29 is 0 Å². The lowest BCUT2D eigenvalue weighted by atomic mass is 10.1. The van der Waals surface area contributed by atoms with Crippen molar-refractivity contribution in [2.24, 2.45) is 5.73 Å². The molecule has 0 fully saturated rings. The van der Waals surface area contributed by atoms with Crippen molar-refractivity contribution in [2.75, 3.05) is 0 Å². The third kappa shape index (κ3) is 1.15. The molecule has 2 heteroatoms. The molecule has 0 amide bonds. The molecular weight excluding hydrogens is 136 g/mol. The van der Waals surface area contributed by atoms with Gasteiger partial charge in [-0.15, -0.1) is 0 Å². The second kappa shape index (κ2) is 2.64. The van der Waals surface area contributed by atoms with E-state index in [9.17, 15) is 0 Å². The van der Waals surface area contributed by atoms with Gasteiger partial charge in [-0.3, -0.25) is 0 Å². The van der Waals surface area contributed by atoms with Crippen LogP contribution in [0.25, 0.3) is 0 Å². The highest BCUT2D eigenvalue weighted by molar-refractivity contribution is 5.34. The number of benzene rings is 1. The number of nitrogens with one attached hydrogen (secondary N) is 1. The van der Waals surface area contributed by atoms with Crippen LogP contribution in [0.3, 0.4) is 0 Å². The number of rotatable bonds is 1. The first-order valence-corrected chi connectivity index (χ1v) is 3.91. The average Bonchev–Trinajstić information content (AvgIpc) is 2.50. The van der Waals surface area contributed by atoms with E-state index in [2.05, 4.69) is 23.5 Å². The van der Waals surface area contributed by atoms with Gasteiger partial charge >= 0.3 is 0 Å². The molecule has 1 aromatic carbocycles. The van der Waals surface area contributed by atoms with Gasteiger partial charge in [-0.2, -0.15) is 0 Å². The molecule has 0 bridgehead atoms. The first-order valence-electron chi connectivity index (χ1n) is 3.91. The second-order valence-electron chi connectivity index (χ2n) is 2.91. The highest BCUT2D eigenvalue weighted by Gasteiger charge is 2.08. The molecule has 0 atom stereocenters. The van der Waals surface area contributed by atoms with E-state index in [-0.39, 0.29) is 0 Å². The van der Waals surface area contributed by atoms with Crippen molar-refractivity contribution >= 4 is 0 Å². The molecule has 0 unspecified atom stereocenters. The van der Waals surface area contributed by atoms with Crippen molar-refractivity contribution in [3.63, 3.8) is 0 Å². The van der Waals surface area contributed by atoms with Gasteiger partial charge in [0.1, 0.15) is 0 Å². The van der Waals surface area contributed by atoms with Crippen LogP contribution in [0.5, 0.6) is 0 Å². The topological polar surface area (TPSA) is 38.0 Å². The van der Waals surface area contributed by atoms with Gasteiger partial charge in [0, 0.05) is 19.6 Å². The van der Waals surface area contributed by atoms with Crippen LogP contribution in [0.1, 0.15) is 16.7 Å². The van der Waals surface area contributed by atoms with Gasteiger partial charge < -0.3 is 11.1 Å². The zero-order valence-corrected chi connectivity index (χ0v) is 6.43. The summed E-state index contributed by atoms with van der Waals surface area (Å²) in [6.45, 7) is 2.66.